The maximum atomic E-state index is 12.0. The molecule has 1 aromatic heterocycles. The summed E-state index contributed by atoms with van der Waals surface area (Å²) in [6.07, 6.45) is 7.25. The van der Waals surface area contributed by atoms with Crippen LogP contribution in [0, 0.1) is 0 Å². The molecule has 6 heteroatoms. The number of aromatic nitrogens is 2. The van der Waals surface area contributed by atoms with E-state index in [1.165, 1.54) is 12.1 Å². The second-order valence-corrected chi connectivity index (χ2v) is 6.92. The minimum atomic E-state index is 0.369. The standard InChI is InChI=1S/C17H26N4O2/c22-17-4-2-7-21(17)14-3-1-6-19(8-5-14)12-15-11-18-16-13-23-10-9-20(15)16/h11,14H,1-10,12-13H2. The van der Waals surface area contributed by atoms with Crippen LogP contribution in [-0.2, 0) is 29.2 Å². The number of hydrogen-bond donors (Lipinski definition) is 0. The van der Waals surface area contributed by atoms with E-state index in [-0.39, 0.29) is 0 Å². The van der Waals surface area contributed by atoms with Crippen LogP contribution in [0.15, 0.2) is 6.20 Å². The zero-order valence-corrected chi connectivity index (χ0v) is 13.7. The molecule has 1 aromatic rings. The van der Waals surface area contributed by atoms with Gasteiger partial charge in [0.1, 0.15) is 12.4 Å². The molecule has 0 bridgehead atoms. The van der Waals surface area contributed by atoms with Gasteiger partial charge < -0.3 is 14.2 Å². The number of nitrogens with zero attached hydrogens (tertiary/aromatic N) is 4. The minimum Gasteiger partial charge on any atom is -0.372 e. The SMILES string of the molecule is O=C1CCCN1C1CCCN(Cc2cnc3n2CCOC3)CC1. The van der Waals surface area contributed by atoms with E-state index >= 15 is 0 Å². The van der Waals surface area contributed by atoms with Gasteiger partial charge in [-0.3, -0.25) is 9.69 Å². The first-order chi connectivity index (χ1) is 11.3. The van der Waals surface area contributed by atoms with E-state index in [2.05, 4.69) is 19.4 Å². The highest BCUT2D eigenvalue weighted by atomic mass is 16.5. The number of fused-ring (bicyclic) bond motifs is 1. The molecule has 1 amide bonds. The lowest BCUT2D eigenvalue weighted by molar-refractivity contribution is -0.129. The van der Waals surface area contributed by atoms with Crippen molar-refractivity contribution in [3.05, 3.63) is 17.7 Å². The molecular formula is C17H26N4O2. The number of carbonyl (C=O) groups excluding carboxylic acids is 1. The van der Waals surface area contributed by atoms with E-state index in [4.69, 9.17) is 4.74 Å². The van der Waals surface area contributed by atoms with Crippen molar-refractivity contribution in [2.45, 2.75) is 57.8 Å². The monoisotopic (exact) mass is 318 g/mol. The van der Waals surface area contributed by atoms with Gasteiger partial charge in [-0.05, 0) is 32.2 Å². The Bertz CT molecular complexity index is 571. The van der Waals surface area contributed by atoms with Gasteiger partial charge in [-0.1, -0.05) is 0 Å². The molecule has 1 unspecified atom stereocenters. The number of rotatable bonds is 3. The first-order valence-electron chi connectivity index (χ1n) is 8.94. The van der Waals surface area contributed by atoms with Crippen LogP contribution >= 0.6 is 0 Å². The summed E-state index contributed by atoms with van der Waals surface area (Å²) >= 11 is 0. The van der Waals surface area contributed by atoms with Gasteiger partial charge in [0.05, 0.1) is 12.3 Å². The Morgan fingerprint density at radius 1 is 1.17 bits per heavy atom. The van der Waals surface area contributed by atoms with E-state index in [1.54, 1.807) is 0 Å². The van der Waals surface area contributed by atoms with E-state index in [0.717, 1.165) is 70.8 Å². The zero-order valence-electron chi connectivity index (χ0n) is 13.7. The Kier molecular flexibility index (Phi) is 4.35. The molecule has 4 heterocycles. The van der Waals surface area contributed by atoms with Crippen molar-refractivity contribution in [2.24, 2.45) is 0 Å². The van der Waals surface area contributed by atoms with Crippen molar-refractivity contribution in [1.82, 2.24) is 19.4 Å². The molecule has 1 atom stereocenters. The molecule has 0 aromatic carbocycles. The van der Waals surface area contributed by atoms with Crippen LogP contribution in [0.5, 0.6) is 0 Å². The maximum absolute atomic E-state index is 12.0. The van der Waals surface area contributed by atoms with Crippen LogP contribution in [0.1, 0.15) is 43.6 Å². The number of ether oxygens (including phenoxy) is 1. The highest BCUT2D eigenvalue weighted by Crippen LogP contribution is 2.23. The number of carbonyl (C=O) groups is 1. The van der Waals surface area contributed by atoms with Gasteiger partial charge in [0, 0.05) is 44.8 Å². The minimum absolute atomic E-state index is 0.369. The smallest absolute Gasteiger partial charge is 0.222 e. The third-order valence-corrected chi connectivity index (χ3v) is 5.44. The van der Waals surface area contributed by atoms with Crippen LogP contribution in [0.3, 0.4) is 0 Å². The highest BCUT2D eigenvalue weighted by Gasteiger charge is 2.29. The molecule has 3 aliphatic rings. The van der Waals surface area contributed by atoms with Crippen LogP contribution in [0.2, 0.25) is 0 Å². The third-order valence-electron chi connectivity index (χ3n) is 5.44. The normalized spacial score (nSPS) is 26.3. The van der Waals surface area contributed by atoms with Gasteiger partial charge in [0.15, 0.2) is 0 Å². The van der Waals surface area contributed by atoms with Gasteiger partial charge in [0.25, 0.3) is 0 Å². The second-order valence-electron chi connectivity index (χ2n) is 6.92. The fraction of sp³-hybridized carbons (Fsp3) is 0.765. The first kappa shape index (κ1) is 15.1. The fourth-order valence-corrected chi connectivity index (χ4v) is 4.18. The summed E-state index contributed by atoms with van der Waals surface area (Å²) in [5, 5.41) is 0. The van der Waals surface area contributed by atoms with Crippen LogP contribution in [-0.4, -0.2) is 57.5 Å². The lowest BCUT2D eigenvalue weighted by Crippen LogP contribution is -2.37. The van der Waals surface area contributed by atoms with Gasteiger partial charge in [-0.15, -0.1) is 0 Å². The average Bonchev–Trinajstić information content (AvgIpc) is 3.09. The Balaban J connectivity index is 1.37. The van der Waals surface area contributed by atoms with Gasteiger partial charge >= 0.3 is 0 Å². The van der Waals surface area contributed by atoms with E-state index < -0.39 is 0 Å². The van der Waals surface area contributed by atoms with Crippen LogP contribution < -0.4 is 0 Å². The predicted octanol–water partition coefficient (Wildman–Crippen LogP) is 1.39. The van der Waals surface area contributed by atoms with Crippen LogP contribution in [0.25, 0.3) is 0 Å². The quantitative estimate of drug-likeness (QED) is 0.845. The largest absolute Gasteiger partial charge is 0.372 e. The summed E-state index contributed by atoms with van der Waals surface area (Å²) in [7, 11) is 0. The van der Waals surface area contributed by atoms with Crippen molar-refractivity contribution >= 4 is 5.91 Å². The lowest BCUT2D eigenvalue weighted by atomic mass is 10.1. The van der Waals surface area contributed by atoms with Crippen molar-refractivity contribution < 1.29 is 9.53 Å². The Morgan fingerprint density at radius 3 is 3.00 bits per heavy atom. The van der Waals surface area contributed by atoms with E-state index in [1.807, 2.05) is 6.20 Å². The number of imidazole rings is 1. The molecule has 2 fully saturated rings. The predicted molar refractivity (Wildman–Crippen MR) is 85.7 cm³/mol. The third kappa shape index (κ3) is 3.15. The van der Waals surface area contributed by atoms with Crippen LogP contribution in [0.4, 0.5) is 0 Å². The molecule has 0 saturated carbocycles. The number of hydrogen-bond acceptors (Lipinski definition) is 4. The van der Waals surface area contributed by atoms with Crippen molar-refractivity contribution in [1.29, 1.82) is 0 Å². The molecule has 2 saturated heterocycles. The Hall–Kier alpha value is -1.40. The maximum Gasteiger partial charge on any atom is 0.222 e. The van der Waals surface area contributed by atoms with E-state index in [0.29, 0.717) is 18.6 Å². The molecule has 6 nitrogen and oxygen atoms in total. The molecule has 126 valence electrons. The molecule has 23 heavy (non-hydrogen) atoms. The number of likely N-dealkylation sites (tertiary alicyclic amines) is 2. The van der Waals surface area contributed by atoms with Crippen molar-refractivity contribution in [3.8, 4) is 0 Å². The topological polar surface area (TPSA) is 50.6 Å². The van der Waals surface area contributed by atoms with Gasteiger partial charge in [-0.25, -0.2) is 4.98 Å². The van der Waals surface area contributed by atoms with Gasteiger partial charge in [0.2, 0.25) is 5.91 Å². The zero-order chi connectivity index (χ0) is 15.6. The first-order valence-corrected chi connectivity index (χ1v) is 8.94. The molecule has 0 spiro atoms. The lowest BCUT2D eigenvalue weighted by Gasteiger charge is -2.27. The summed E-state index contributed by atoms with van der Waals surface area (Å²) in [5.74, 6) is 1.43. The average molecular weight is 318 g/mol. The molecule has 0 aliphatic carbocycles. The van der Waals surface area contributed by atoms with E-state index in [9.17, 15) is 4.79 Å². The summed E-state index contributed by atoms with van der Waals surface area (Å²) in [5.41, 5.74) is 1.30. The summed E-state index contributed by atoms with van der Waals surface area (Å²) in [6.45, 7) is 6.48. The summed E-state index contributed by atoms with van der Waals surface area (Å²) in [6, 6.07) is 0.461. The molecule has 3 aliphatic heterocycles. The van der Waals surface area contributed by atoms with Gasteiger partial charge in [-0.2, -0.15) is 0 Å². The molecule has 4 rings (SSSR count). The van der Waals surface area contributed by atoms with Crippen molar-refractivity contribution in [2.75, 3.05) is 26.2 Å². The second kappa shape index (κ2) is 6.61. The Labute approximate surface area is 137 Å². The van der Waals surface area contributed by atoms with Crippen molar-refractivity contribution in [3.63, 3.8) is 0 Å². The summed E-state index contributed by atoms with van der Waals surface area (Å²) < 4.78 is 7.78. The summed E-state index contributed by atoms with van der Waals surface area (Å²) in [4.78, 5) is 21.1. The number of amides is 1. The molecule has 0 N–H and O–H groups in total. The molecular weight excluding hydrogens is 292 g/mol. The molecule has 0 radical (unpaired) electrons. The Morgan fingerprint density at radius 2 is 2.13 bits per heavy atom. The fourth-order valence-electron chi connectivity index (χ4n) is 4.18. The highest BCUT2D eigenvalue weighted by molar-refractivity contribution is 5.78.